The highest BCUT2D eigenvalue weighted by molar-refractivity contribution is 7.91. The van der Waals surface area contributed by atoms with Crippen molar-refractivity contribution >= 4 is 45.9 Å². The van der Waals surface area contributed by atoms with Gasteiger partial charge in [0.25, 0.3) is 5.91 Å². The average molecular weight is 753 g/mol. The molecule has 3 fully saturated rings. The number of ether oxygens (including phenoxy) is 1. The molecule has 0 aromatic heterocycles. The maximum Gasteiger partial charge on any atom is 0.410 e. The molecule has 3 aliphatic heterocycles. The number of hydrogen-bond acceptors (Lipinski definition) is 8. The summed E-state index contributed by atoms with van der Waals surface area (Å²) in [7, 11) is -3.91. The SMILES string of the molecule is C=C[C@H]1C[C@]1(NC(=O)[C@@H]1C[C@@H]2CN1C(=O)[C@H](C(C)(C)C)NC(=O)NC(C)(C)CCC/C=C/c1cccc3c1CN(C3)C(=O)O2)C(=O)NS(=O)(=O)C1CC1. The molecule has 15 heteroatoms. The zero-order chi connectivity index (χ0) is 38.5. The van der Waals surface area contributed by atoms with Gasteiger partial charge in [-0.1, -0.05) is 57.2 Å². The number of amides is 6. The predicted molar refractivity (Wildman–Crippen MR) is 197 cm³/mol. The van der Waals surface area contributed by atoms with E-state index in [1.807, 2.05) is 32.0 Å². The Morgan fingerprint density at radius 1 is 1.11 bits per heavy atom. The van der Waals surface area contributed by atoms with Crippen molar-refractivity contribution in [1.29, 1.82) is 0 Å². The minimum Gasteiger partial charge on any atom is -0.444 e. The number of allylic oxidation sites excluding steroid dienone is 1. The molecule has 2 saturated carbocycles. The van der Waals surface area contributed by atoms with Crippen molar-refractivity contribution in [3.8, 4) is 0 Å². The molecule has 0 spiro atoms. The highest BCUT2D eigenvalue weighted by Crippen LogP contribution is 2.45. The second-order valence-corrected chi connectivity index (χ2v) is 18.8. The van der Waals surface area contributed by atoms with E-state index in [-0.39, 0.29) is 19.4 Å². The summed E-state index contributed by atoms with van der Waals surface area (Å²) in [4.78, 5) is 72.2. The van der Waals surface area contributed by atoms with Gasteiger partial charge in [-0.2, -0.15) is 0 Å². The van der Waals surface area contributed by atoms with E-state index in [0.29, 0.717) is 32.4 Å². The lowest BCUT2D eigenvalue weighted by molar-refractivity contribution is -0.142. The normalized spacial score (nSPS) is 29.6. The summed E-state index contributed by atoms with van der Waals surface area (Å²) in [5, 5.41) is 7.97. The summed E-state index contributed by atoms with van der Waals surface area (Å²) >= 11 is 0. The third kappa shape index (κ3) is 8.24. The van der Waals surface area contributed by atoms with Crippen LogP contribution in [-0.2, 0) is 42.2 Å². The number of nitrogens with zero attached hydrogens (tertiary/aromatic N) is 2. The van der Waals surface area contributed by atoms with Crippen molar-refractivity contribution in [2.75, 3.05) is 6.54 Å². The number of nitrogens with one attached hydrogen (secondary N) is 4. The van der Waals surface area contributed by atoms with Crippen LogP contribution in [0.5, 0.6) is 0 Å². The zero-order valence-electron chi connectivity index (χ0n) is 31.2. The van der Waals surface area contributed by atoms with Crippen LogP contribution in [0.15, 0.2) is 36.9 Å². The maximum absolute atomic E-state index is 14.5. The van der Waals surface area contributed by atoms with E-state index >= 15 is 0 Å². The number of hydrogen-bond donors (Lipinski definition) is 4. The Bertz CT molecular complexity index is 1830. The number of sulfonamides is 1. The minimum absolute atomic E-state index is 0.0784. The molecule has 288 valence electrons. The first-order valence-corrected chi connectivity index (χ1v) is 20.0. The van der Waals surface area contributed by atoms with Crippen LogP contribution in [0.4, 0.5) is 9.59 Å². The fraction of sp³-hybridized carbons (Fsp3) is 0.605. The van der Waals surface area contributed by atoms with Gasteiger partial charge < -0.3 is 25.6 Å². The Morgan fingerprint density at radius 2 is 1.85 bits per heavy atom. The van der Waals surface area contributed by atoms with Crippen LogP contribution in [0.25, 0.3) is 6.08 Å². The van der Waals surface area contributed by atoms with Gasteiger partial charge in [0, 0.05) is 24.4 Å². The van der Waals surface area contributed by atoms with Crippen LogP contribution in [-0.4, -0.2) is 89.1 Å². The number of benzene rings is 1. The third-order valence-corrected chi connectivity index (χ3v) is 12.8. The van der Waals surface area contributed by atoms with Gasteiger partial charge in [0.05, 0.1) is 18.3 Å². The Labute approximate surface area is 311 Å². The summed E-state index contributed by atoms with van der Waals surface area (Å²) < 4.78 is 33.5. The van der Waals surface area contributed by atoms with Gasteiger partial charge in [-0.3, -0.25) is 24.0 Å². The predicted octanol–water partition coefficient (Wildman–Crippen LogP) is 3.47. The van der Waals surface area contributed by atoms with Crippen molar-refractivity contribution in [1.82, 2.24) is 30.5 Å². The molecule has 1 saturated heterocycles. The fourth-order valence-electron chi connectivity index (χ4n) is 7.57. The van der Waals surface area contributed by atoms with Gasteiger partial charge in [-0.25, -0.2) is 18.0 Å². The van der Waals surface area contributed by atoms with Gasteiger partial charge >= 0.3 is 12.1 Å². The molecule has 3 heterocycles. The highest BCUT2D eigenvalue weighted by atomic mass is 32.2. The van der Waals surface area contributed by atoms with Crippen LogP contribution in [0, 0.1) is 11.3 Å². The molecule has 0 unspecified atom stereocenters. The molecule has 2 aliphatic carbocycles. The molecule has 5 aliphatic rings. The molecule has 14 nitrogen and oxygen atoms in total. The number of fused-ring (bicyclic) bond motifs is 3. The molecule has 5 atom stereocenters. The summed E-state index contributed by atoms with van der Waals surface area (Å²) in [6, 6.07) is 3.10. The monoisotopic (exact) mass is 752 g/mol. The molecule has 53 heavy (non-hydrogen) atoms. The summed E-state index contributed by atoms with van der Waals surface area (Å²) in [5.41, 5.74) is 0.0593. The lowest BCUT2D eigenvalue weighted by Gasteiger charge is -2.36. The second kappa shape index (κ2) is 14.1. The maximum atomic E-state index is 14.5. The van der Waals surface area contributed by atoms with Crippen LogP contribution >= 0.6 is 0 Å². The standard InChI is InChI=1S/C38H52N6O8S/c1-7-25-19-38(25,33(47)42-53(50,51)27-15-16-27)40-31(45)29-18-26-21-44(29)32(46)30(36(2,3)4)39-34(48)41-37(5,6)17-10-8-9-12-23-13-11-14-24-20-43(22-28(23)24)35(49)52-26/h7,9,11-14,25-27,29-30H,1,8,10,15-22H2,2-6H3,(H,40,45)(H,42,47)(H2,39,41,48)/b12-9+/t25-,26+,29-,30+,38+/m0/s1. The molecular weight excluding hydrogens is 701 g/mol. The van der Waals surface area contributed by atoms with Gasteiger partial charge in [0.1, 0.15) is 23.7 Å². The van der Waals surface area contributed by atoms with Crippen LogP contribution in [0.3, 0.4) is 0 Å². The molecular formula is C38H52N6O8S. The average Bonchev–Trinajstić information content (AvgIpc) is 3.96. The Morgan fingerprint density at radius 3 is 2.51 bits per heavy atom. The fourth-order valence-corrected chi connectivity index (χ4v) is 8.93. The third-order valence-electron chi connectivity index (χ3n) is 11.0. The van der Waals surface area contributed by atoms with E-state index in [1.165, 1.54) is 11.0 Å². The first-order chi connectivity index (χ1) is 24.8. The smallest absolute Gasteiger partial charge is 0.410 e. The largest absolute Gasteiger partial charge is 0.444 e. The second-order valence-electron chi connectivity index (χ2n) is 16.8. The lowest BCUT2D eigenvalue weighted by Crippen LogP contribution is -2.62. The van der Waals surface area contributed by atoms with Gasteiger partial charge in [0.15, 0.2) is 0 Å². The molecule has 6 rings (SSSR count). The van der Waals surface area contributed by atoms with Crippen LogP contribution in [0.2, 0.25) is 0 Å². The van der Waals surface area contributed by atoms with Crippen molar-refractivity contribution in [3.63, 3.8) is 0 Å². The first kappa shape index (κ1) is 38.3. The molecule has 4 bridgehead atoms. The summed E-state index contributed by atoms with van der Waals surface area (Å²) in [6.45, 7) is 13.5. The summed E-state index contributed by atoms with van der Waals surface area (Å²) in [5.74, 6) is -2.67. The van der Waals surface area contributed by atoms with E-state index in [9.17, 15) is 32.4 Å². The quantitative estimate of drug-likeness (QED) is 0.319. The molecule has 1 aromatic rings. The number of urea groups is 1. The molecule has 1 aromatic carbocycles. The topological polar surface area (TPSA) is 183 Å². The lowest BCUT2D eigenvalue weighted by atomic mass is 9.85. The van der Waals surface area contributed by atoms with E-state index in [2.05, 4.69) is 39.4 Å². The first-order valence-electron chi connectivity index (χ1n) is 18.5. The van der Waals surface area contributed by atoms with Crippen molar-refractivity contribution < 1.29 is 37.1 Å². The van der Waals surface area contributed by atoms with E-state index in [0.717, 1.165) is 29.5 Å². The Kier molecular flexibility index (Phi) is 10.2. The molecule has 4 N–H and O–H groups in total. The van der Waals surface area contributed by atoms with Crippen LogP contribution < -0.4 is 20.7 Å². The molecule has 6 amide bonds. The Balaban J connectivity index is 1.29. The zero-order valence-corrected chi connectivity index (χ0v) is 32.0. The van der Waals surface area contributed by atoms with E-state index < -0.39 is 85.7 Å². The highest BCUT2D eigenvalue weighted by Gasteiger charge is 2.62. The van der Waals surface area contributed by atoms with Gasteiger partial charge in [-0.05, 0) is 74.5 Å². The Hall–Kier alpha value is -4.40. The molecule has 0 radical (unpaired) electrons. The van der Waals surface area contributed by atoms with Crippen molar-refractivity contribution in [3.05, 3.63) is 53.6 Å². The number of rotatable bonds is 6. The van der Waals surface area contributed by atoms with Crippen molar-refractivity contribution in [2.24, 2.45) is 11.3 Å². The van der Waals surface area contributed by atoms with Crippen molar-refractivity contribution in [2.45, 2.75) is 127 Å². The number of carbonyl (C=O) groups is 5. The summed E-state index contributed by atoms with van der Waals surface area (Å²) in [6.07, 6.45) is 7.35. The number of carbonyl (C=O) groups excluding carboxylic acids is 5. The van der Waals surface area contributed by atoms with Gasteiger partial charge in [-0.15, -0.1) is 6.58 Å². The van der Waals surface area contributed by atoms with E-state index in [4.69, 9.17) is 4.74 Å². The van der Waals surface area contributed by atoms with Crippen LogP contribution in [0.1, 0.15) is 96.3 Å². The van der Waals surface area contributed by atoms with E-state index in [1.54, 1.807) is 25.7 Å². The minimum atomic E-state index is -3.91. The van der Waals surface area contributed by atoms with Gasteiger partial charge in [0.2, 0.25) is 21.8 Å².